The lowest BCUT2D eigenvalue weighted by atomic mass is 10.0. The van der Waals surface area contributed by atoms with Gasteiger partial charge in [-0.3, -0.25) is 4.90 Å². The van der Waals surface area contributed by atoms with Crippen LogP contribution in [0.4, 0.5) is 4.79 Å². The molecule has 1 heterocycles. The number of hydrogen-bond acceptors (Lipinski definition) is 2. The second kappa shape index (κ2) is 2.40. The average Bonchev–Trinajstić information content (AvgIpc) is 2.57. The van der Waals surface area contributed by atoms with E-state index in [1.165, 1.54) is 19.3 Å². The smallest absolute Gasteiger partial charge is 0.410 e. The summed E-state index contributed by atoms with van der Waals surface area (Å²) >= 11 is 0. The van der Waals surface area contributed by atoms with E-state index in [9.17, 15) is 4.79 Å². The predicted octanol–water partition coefficient (Wildman–Crippen LogP) is 1.63. The molecule has 2 saturated carbocycles. The van der Waals surface area contributed by atoms with Crippen LogP contribution in [-0.4, -0.2) is 29.7 Å². The highest BCUT2D eigenvalue weighted by Gasteiger charge is 2.66. The van der Waals surface area contributed by atoms with Crippen molar-refractivity contribution in [2.45, 2.75) is 38.3 Å². The van der Waals surface area contributed by atoms with Gasteiger partial charge in [-0.1, -0.05) is 0 Å². The van der Waals surface area contributed by atoms with Gasteiger partial charge in [0.1, 0.15) is 0 Å². The molecular formula is C10H15NO2. The zero-order chi connectivity index (χ0) is 9.00. The second-order valence-electron chi connectivity index (χ2n) is 4.42. The van der Waals surface area contributed by atoms with Gasteiger partial charge in [-0.15, -0.1) is 0 Å². The first-order chi connectivity index (χ1) is 6.33. The van der Waals surface area contributed by atoms with Gasteiger partial charge in [0.25, 0.3) is 0 Å². The summed E-state index contributed by atoms with van der Waals surface area (Å²) in [4.78, 5) is 13.4. The number of nitrogens with zero attached hydrogens (tertiary/aromatic N) is 1. The van der Waals surface area contributed by atoms with Gasteiger partial charge < -0.3 is 4.74 Å². The van der Waals surface area contributed by atoms with Gasteiger partial charge in [0.05, 0.1) is 18.7 Å². The molecule has 72 valence electrons. The van der Waals surface area contributed by atoms with Crippen molar-refractivity contribution in [2.24, 2.45) is 11.8 Å². The Labute approximate surface area is 78.0 Å². The third-order valence-electron chi connectivity index (χ3n) is 3.86. The largest absolute Gasteiger partial charge is 0.450 e. The predicted molar refractivity (Wildman–Crippen MR) is 47.3 cm³/mol. The molecule has 3 fully saturated rings. The summed E-state index contributed by atoms with van der Waals surface area (Å²) in [7, 11) is 0. The molecule has 3 nitrogen and oxygen atoms in total. The molecule has 1 saturated heterocycles. The summed E-state index contributed by atoms with van der Waals surface area (Å²) in [6, 6.07) is 1.13. The fourth-order valence-electron chi connectivity index (χ4n) is 3.39. The van der Waals surface area contributed by atoms with Crippen molar-refractivity contribution in [1.82, 2.24) is 4.90 Å². The number of ether oxygens (including phenoxy) is 1. The van der Waals surface area contributed by atoms with Crippen LogP contribution in [0.1, 0.15) is 26.2 Å². The molecule has 0 aromatic carbocycles. The molecule has 3 rings (SSSR count). The lowest BCUT2D eigenvalue weighted by Crippen LogP contribution is -2.21. The lowest BCUT2D eigenvalue weighted by molar-refractivity contribution is 0.126. The van der Waals surface area contributed by atoms with Gasteiger partial charge in [-0.05, 0) is 38.0 Å². The van der Waals surface area contributed by atoms with Crippen molar-refractivity contribution in [3.05, 3.63) is 0 Å². The van der Waals surface area contributed by atoms with E-state index in [-0.39, 0.29) is 6.09 Å². The minimum Gasteiger partial charge on any atom is -0.450 e. The van der Waals surface area contributed by atoms with Crippen LogP contribution in [0.2, 0.25) is 0 Å². The van der Waals surface area contributed by atoms with Crippen molar-refractivity contribution < 1.29 is 9.53 Å². The summed E-state index contributed by atoms with van der Waals surface area (Å²) in [5.41, 5.74) is 0. The molecule has 2 bridgehead atoms. The lowest BCUT2D eigenvalue weighted by Gasteiger charge is -2.11. The van der Waals surface area contributed by atoms with E-state index in [4.69, 9.17) is 4.74 Å². The zero-order valence-corrected chi connectivity index (χ0v) is 7.90. The molecule has 0 unspecified atom stereocenters. The summed E-state index contributed by atoms with van der Waals surface area (Å²) in [6.07, 6.45) is 3.96. The molecule has 1 aliphatic heterocycles. The highest BCUT2D eigenvalue weighted by Crippen LogP contribution is 2.58. The third kappa shape index (κ3) is 0.875. The van der Waals surface area contributed by atoms with Crippen LogP contribution < -0.4 is 0 Å². The van der Waals surface area contributed by atoms with Crippen molar-refractivity contribution in [1.29, 1.82) is 0 Å². The van der Waals surface area contributed by atoms with Gasteiger partial charge in [0.15, 0.2) is 0 Å². The first kappa shape index (κ1) is 7.65. The number of carbonyl (C=O) groups excluding carboxylic acids is 1. The topological polar surface area (TPSA) is 29.3 Å². The number of carbonyl (C=O) groups is 1. The highest BCUT2D eigenvalue weighted by molar-refractivity contribution is 5.73. The van der Waals surface area contributed by atoms with Crippen LogP contribution >= 0.6 is 0 Å². The van der Waals surface area contributed by atoms with Crippen molar-refractivity contribution in [3.63, 3.8) is 0 Å². The third-order valence-corrected chi connectivity index (χ3v) is 3.86. The second-order valence-corrected chi connectivity index (χ2v) is 4.42. The van der Waals surface area contributed by atoms with Crippen molar-refractivity contribution in [2.75, 3.05) is 6.61 Å². The Kier molecular flexibility index (Phi) is 1.41. The van der Waals surface area contributed by atoms with Crippen LogP contribution in [-0.2, 0) is 4.74 Å². The van der Waals surface area contributed by atoms with E-state index >= 15 is 0 Å². The number of rotatable bonds is 1. The van der Waals surface area contributed by atoms with Crippen LogP contribution in [0.5, 0.6) is 0 Å². The van der Waals surface area contributed by atoms with Gasteiger partial charge in [-0.25, -0.2) is 4.79 Å². The maximum Gasteiger partial charge on any atom is 0.410 e. The van der Waals surface area contributed by atoms with Gasteiger partial charge in [0, 0.05) is 0 Å². The molecule has 2 aliphatic carbocycles. The Hall–Kier alpha value is -0.730. The molecule has 0 radical (unpaired) electrons. The number of fused-ring (bicyclic) bond motifs is 5. The Morgan fingerprint density at radius 1 is 1.38 bits per heavy atom. The first-order valence-electron chi connectivity index (χ1n) is 5.28. The van der Waals surface area contributed by atoms with Crippen LogP contribution in [0, 0.1) is 11.8 Å². The zero-order valence-electron chi connectivity index (χ0n) is 7.90. The molecule has 0 N–H and O–H groups in total. The van der Waals surface area contributed by atoms with Crippen molar-refractivity contribution in [3.8, 4) is 0 Å². The highest BCUT2D eigenvalue weighted by atomic mass is 16.6. The molecular weight excluding hydrogens is 166 g/mol. The standard InChI is InChI=1S/C10H15NO2/c1-2-13-10(12)11-8-6-3-4-7(5-6)9(8)11/h6-9H,2-5H2,1H3/t6-,7-,8-,9-/m1/s1. The fraction of sp³-hybridized carbons (Fsp3) is 0.900. The molecule has 1 amide bonds. The van der Waals surface area contributed by atoms with Crippen molar-refractivity contribution >= 4 is 6.09 Å². The van der Waals surface area contributed by atoms with Crippen LogP contribution in [0.15, 0.2) is 0 Å². The number of hydrogen-bond donors (Lipinski definition) is 0. The normalized spacial score (nSPS) is 44.8. The van der Waals surface area contributed by atoms with E-state index < -0.39 is 0 Å². The monoisotopic (exact) mass is 181 g/mol. The molecule has 4 atom stereocenters. The molecule has 0 aromatic heterocycles. The van der Waals surface area contributed by atoms with E-state index in [0.29, 0.717) is 18.7 Å². The van der Waals surface area contributed by atoms with Crippen LogP contribution in [0.3, 0.4) is 0 Å². The quantitative estimate of drug-likeness (QED) is 0.575. The minimum atomic E-state index is -0.0749. The Balaban J connectivity index is 1.69. The average molecular weight is 181 g/mol. The maximum atomic E-state index is 11.4. The summed E-state index contributed by atoms with van der Waals surface area (Å²) in [5, 5.41) is 0. The number of likely N-dealkylation sites (tertiary alicyclic amines) is 1. The summed E-state index contributed by atoms with van der Waals surface area (Å²) < 4.78 is 5.01. The minimum absolute atomic E-state index is 0.0749. The number of piperidine rings is 1. The number of amides is 1. The Morgan fingerprint density at radius 2 is 2.00 bits per heavy atom. The van der Waals surface area contributed by atoms with E-state index in [2.05, 4.69) is 0 Å². The fourth-order valence-corrected chi connectivity index (χ4v) is 3.39. The van der Waals surface area contributed by atoms with Crippen LogP contribution in [0.25, 0.3) is 0 Å². The molecule has 13 heavy (non-hydrogen) atoms. The van der Waals surface area contributed by atoms with E-state index in [0.717, 1.165) is 11.8 Å². The van der Waals surface area contributed by atoms with E-state index in [1.54, 1.807) is 0 Å². The molecule has 3 heteroatoms. The van der Waals surface area contributed by atoms with E-state index in [1.807, 2.05) is 11.8 Å². The first-order valence-corrected chi connectivity index (χ1v) is 5.28. The Morgan fingerprint density at radius 3 is 2.54 bits per heavy atom. The van der Waals surface area contributed by atoms with Gasteiger partial charge in [-0.2, -0.15) is 0 Å². The molecule has 0 aromatic rings. The maximum absolute atomic E-state index is 11.4. The Bertz CT molecular complexity index is 237. The summed E-state index contributed by atoms with van der Waals surface area (Å²) in [6.45, 7) is 2.37. The van der Waals surface area contributed by atoms with Gasteiger partial charge in [0.2, 0.25) is 0 Å². The SMILES string of the molecule is CCOC(=O)N1[C@@H]2[C@@H]3CC[C@H](C3)[C@H]21. The molecule has 3 aliphatic rings. The summed E-state index contributed by atoms with van der Waals surface area (Å²) in [5.74, 6) is 1.61. The van der Waals surface area contributed by atoms with Gasteiger partial charge >= 0.3 is 6.09 Å². The molecule has 0 spiro atoms.